The first-order valence-corrected chi connectivity index (χ1v) is 13.6. The van der Waals surface area contributed by atoms with E-state index in [-0.39, 0.29) is 12.1 Å². The zero-order valence-corrected chi connectivity index (χ0v) is 19.8. The number of hydrogen-bond donors (Lipinski definition) is 0. The smallest absolute Gasteiger partial charge is 0.337 e. The third kappa shape index (κ3) is 6.89. The molecule has 28 heavy (non-hydrogen) atoms. The van der Waals surface area contributed by atoms with Crippen molar-refractivity contribution < 1.29 is 14.0 Å². The van der Waals surface area contributed by atoms with Crippen molar-refractivity contribution in [3.8, 4) is 0 Å². The van der Waals surface area contributed by atoms with Crippen LogP contribution in [0.4, 0.5) is 0 Å². The molecule has 0 bridgehead atoms. The Labute approximate surface area is 173 Å². The Balaban J connectivity index is 3.33. The van der Waals surface area contributed by atoms with Crippen LogP contribution in [-0.2, 0) is 9.16 Å². The molecule has 1 aromatic carbocycles. The second-order valence-electron chi connectivity index (χ2n) is 7.53. The summed E-state index contributed by atoms with van der Waals surface area (Å²) in [5.74, 6) is -0.295. The minimum Gasteiger partial charge on any atom is -0.465 e. The maximum absolute atomic E-state index is 11.8. The zero-order chi connectivity index (χ0) is 21.0. The number of benzene rings is 1. The minimum absolute atomic E-state index is 0.00341. The molecule has 4 heteroatoms. The highest BCUT2D eigenvalue weighted by Gasteiger charge is 2.33. The van der Waals surface area contributed by atoms with Gasteiger partial charge in [-0.25, -0.2) is 4.79 Å². The van der Waals surface area contributed by atoms with E-state index in [2.05, 4.69) is 40.7 Å². The molecule has 1 atom stereocenters. The second-order valence-corrected chi connectivity index (χ2v) is 12.2. The average Bonchev–Trinajstić information content (AvgIpc) is 2.75. The zero-order valence-electron chi connectivity index (χ0n) is 18.8. The van der Waals surface area contributed by atoms with Crippen LogP contribution in [0, 0.1) is 0 Å². The normalized spacial score (nSPS) is 13.4. The number of hydrogen-bond acceptors (Lipinski definition) is 3. The molecule has 3 nitrogen and oxygen atoms in total. The molecule has 0 saturated carbocycles. The SMILES string of the molecule is CCC/C=C(/CCCC)[C@@H](O[Si](CC)(CC)CC)c1ccc(C(=O)OC)cc1. The second kappa shape index (κ2) is 12.9. The van der Waals surface area contributed by atoms with E-state index in [0.717, 1.165) is 43.0 Å². The highest BCUT2D eigenvalue weighted by atomic mass is 28.4. The van der Waals surface area contributed by atoms with E-state index >= 15 is 0 Å². The summed E-state index contributed by atoms with van der Waals surface area (Å²) in [5, 5.41) is 0. The number of ether oxygens (including phenoxy) is 1. The van der Waals surface area contributed by atoms with E-state index in [1.165, 1.54) is 25.5 Å². The number of allylic oxidation sites excluding steroid dienone is 1. The molecule has 0 unspecified atom stereocenters. The summed E-state index contributed by atoms with van der Waals surface area (Å²) < 4.78 is 11.9. The Hall–Kier alpha value is -1.39. The number of esters is 1. The monoisotopic (exact) mass is 404 g/mol. The fraction of sp³-hybridized carbons (Fsp3) is 0.625. The van der Waals surface area contributed by atoms with Crippen molar-refractivity contribution in [2.24, 2.45) is 0 Å². The molecular weight excluding hydrogens is 364 g/mol. The maximum Gasteiger partial charge on any atom is 0.337 e. The molecule has 0 fully saturated rings. The van der Waals surface area contributed by atoms with Crippen molar-refractivity contribution >= 4 is 14.3 Å². The standard InChI is InChI=1S/C24H40O3Si/c1-7-12-14-20(15-13-8-2)23(27-28(9-3,10-4)11-5)21-16-18-22(19-17-21)24(25)26-6/h14,16-19,23H,7-13,15H2,1-6H3/b20-14-/t23-/m1/s1. The summed E-state index contributed by atoms with van der Waals surface area (Å²) in [6.07, 6.45) is 8.04. The van der Waals surface area contributed by atoms with Crippen LogP contribution in [0.15, 0.2) is 35.9 Å². The fourth-order valence-corrected chi connectivity index (χ4v) is 6.36. The van der Waals surface area contributed by atoms with Gasteiger partial charge < -0.3 is 9.16 Å². The molecule has 0 aliphatic rings. The quantitative estimate of drug-likeness (QED) is 0.194. The number of methoxy groups -OCH3 is 1. The van der Waals surface area contributed by atoms with Crippen LogP contribution in [0.2, 0.25) is 18.1 Å². The molecule has 0 amide bonds. The van der Waals surface area contributed by atoms with Gasteiger partial charge in [0, 0.05) is 0 Å². The third-order valence-corrected chi connectivity index (χ3v) is 10.4. The van der Waals surface area contributed by atoms with Crippen LogP contribution in [0.1, 0.15) is 88.7 Å². The molecule has 0 aliphatic carbocycles. The van der Waals surface area contributed by atoms with Crippen LogP contribution < -0.4 is 0 Å². The number of carbonyl (C=O) groups excluding carboxylic acids is 1. The Bertz CT molecular complexity index is 595. The topological polar surface area (TPSA) is 35.5 Å². The van der Waals surface area contributed by atoms with Gasteiger partial charge in [0.2, 0.25) is 0 Å². The summed E-state index contributed by atoms with van der Waals surface area (Å²) in [6.45, 7) is 11.3. The lowest BCUT2D eigenvalue weighted by Crippen LogP contribution is -2.37. The van der Waals surface area contributed by atoms with Gasteiger partial charge in [-0.2, -0.15) is 0 Å². The lowest BCUT2D eigenvalue weighted by atomic mass is 9.95. The van der Waals surface area contributed by atoms with E-state index in [0.29, 0.717) is 5.56 Å². The molecule has 1 rings (SSSR count). The molecule has 1 aromatic rings. The third-order valence-electron chi connectivity index (χ3n) is 5.79. The van der Waals surface area contributed by atoms with E-state index in [9.17, 15) is 4.79 Å². The molecule has 0 aliphatic heterocycles. The van der Waals surface area contributed by atoms with Crippen molar-refractivity contribution in [1.29, 1.82) is 0 Å². The summed E-state index contributed by atoms with van der Waals surface area (Å²) in [4.78, 5) is 11.8. The van der Waals surface area contributed by atoms with Crippen LogP contribution in [0.5, 0.6) is 0 Å². The molecule has 0 N–H and O–H groups in total. The van der Waals surface area contributed by atoms with Gasteiger partial charge >= 0.3 is 5.97 Å². The average molecular weight is 405 g/mol. The first kappa shape index (κ1) is 24.6. The molecule has 0 heterocycles. The Morgan fingerprint density at radius 1 is 1.00 bits per heavy atom. The van der Waals surface area contributed by atoms with E-state index < -0.39 is 8.32 Å². The van der Waals surface area contributed by atoms with Gasteiger partial charge in [-0.15, -0.1) is 0 Å². The van der Waals surface area contributed by atoms with Gasteiger partial charge in [0.15, 0.2) is 8.32 Å². The van der Waals surface area contributed by atoms with Crippen molar-refractivity contribution in [2.45, 2.75) is 91.0 Å². The first-order chi connectivity index (χ1) is 13.5. The van der Waals surface area contributed by atoms with E-state index in [4.69, 9.17) is 9.16 Å². The Kier molecular flexibility index (Phi) is 11.4. The molecule has 0 saturated heterocycles. The van der Waals surface area contributed by atoms with Gasteiger partial charge in [-0.3, -0.25) is 0 Å². The molecule has 158 valence electrons. The molecule has 0 radical (unpaired) electrons. The van der Waals surface area contributed by atoms with E-state index in [1.807, 2.05) is 24.3 Å². The maximum atomic E-state index is 11.8. The van der Waals surface area contributed by atoms with Gasteiger partial charge in [-0.1, -0.05) is 65.7 Å². The van der Waals surface area contributed by atoms with Crippen LogP contribution in [0.25, 0.3) is 0 Å². The first-order valence-electron chi connectivity index (χ1n) is 11.1. The summed E-state index contributed by atoms with van der Waals surface area (Å²) in [6, 6.07) is 11.2. The summed E-state index contributed by atoms with van der Waals surface area (Å²) >= 11 is 0. The van der Waals surface area contributed by atoms with Crippen molar-refractivity contribution in [3.63, 3.8) is 0 Å². The predicted octanol–water partition coefficient (Wildman–Crippen LogP) is 7.45. The molecule has 0 spiro atoms. The molecule has 0 aromatic heterocycles. The van der Waals surface area contributed by atoms with Gasteiger partial charge in [0.05, 0.1) is 18.8 Å². The van der Waals surface area contributed by atoms with Crippen molar-refractivity contribution in [1.82, 2.24) is 0 Å². The highest BCUT2D eigenvalue weighted by molar-refractivity contribution is 6.73. The predicted molar refractivity (Wildman–Crippen MR) is 121 cm³/mol. The van der Waals surface area contributed by atoms with Gasteiger partial charge in [0.1, 0.15) is 0 Å². The number of rotatable bonds is 13. The Morgan fingerprint density at radius 3 is 2.07 bits per heavy atom. The van der Waals surface area contributed by atoms with Gasteiger partial charge in [-0.05, 0) is 60.7 Å². The largest absolute Gasteiger partial charge is 0.465 e. The highest BCUT2D eigenvalue weighted by Crippen LogP contribution is 2.36. The fourth-order valence-electron chi connectivity index (χ4n) is 3.57. The van der Waals surface area contributed by atoms with Crippen LogP contribution in [0.3, 0.4) is 0 Å². The van der Waals surface area contributed by atoms with Crippen molar-refractivity contribution in [3.05, 3.63) is 47.0 Å². The summed E-state index contributed by atoms with van der Waals surface area (Å²) in [7, 11) is -0.360. The minimum atomic E-state index is -1.78. The van der Waals surface area contributed by atoms with Crippen LogP contribution in [-0.4, -0.2) is 21.4 Å². The molecular formula is C24H40O3Si. The van der Waals surface area contributed by atoms with Gasteiger partial charge in [0.25, 0.3) is 0 Å². The lowest BCUT2D eigenvalue weighted by molar-refractivity contribution is 0.0600. The van der Waals surface area contributed by atoms with Crippen molar-refractivity contribution in [2.75, 3.05) is 7.11 Å². The summed E-state index contributed by atoms with van der Waals surface area (Å²) in [5.41, 5.74) is 3.14. The van der Waals surface area contributed by atoms with E-state index in [1.54, 1.807) is 0 Å². The Morgan fingerprint density at radius 2 is 1.61 bits per heavy atom. The van der Waals surface area contributed by atoms with Crippen LogP contribution >= 0.6 is 0 Å². The lowest BCUT2D eigenvalue weighted by Gasteiger charge is -2.35. The number of unbranched alkanes of at least 4 members (excludes halogenated alkanes) is 2. The number of carbonyl (C=O) groups is 1.